The van der Waals surface area contributed by atoms with E-state index >= 15 is 0 Å². The average molecular weight is 378 g/mol. The van der Waals surface area contributed by atoms with Crippen LogP contribution in [-0.4, -0.2) is 25.1 Å². The summed E-state index contributed by atoms with van der Waals surface area (Å²) >= 11 is 0. The largest absolute Gasteiger partial charge is 0.358 e. The second-order valence-electron chi connectivity index (χ2n) is 7.12. The molecule has 1 aromatic carbocycles. The van der Waals surface area contributed by atoms with Crippen LogP contribution in [0.3, 0.4) is 0 Å². The molecule has 1 aromatic heterocycles. The molecule has 0 radical (unpaired) electrons. The van der Waals surface area contributed by atoms with Crippen LogP contribution in [0.1, 0.15) is 55.3 Å². The molecule has 1 amide bonds. The Labute approximate surface area is 154 Å². The Hall–Kier alpha value is -1.86. The van der Waals surface area contributed by atoms with Gasteiger partial charge in [0.15, 0.2) is 0 Å². The van der Waals surface area contributed by atoms with Gasteiger partial charge in [-0.05, 0) is 55.4 Å². The van der Waals surface area contributed by atoms with Crippen LogP contribution < -0.4 is 10.5 Å². The maximum absolute atomic E-state index is 11.9. The van der Waals surface area contributed by atoms with E-state index in [0.29, 0.717) is 6.54 Å². The normalized spacial score (nSPS) is 15.3. The third-order valence-electron chi connectivity index (χ3n) is 4.98. The van der Waals surface area contributed by atoms with Crippen LogP contribution in [0.15, 0.2) is 18.2 Å². The number of aromatic amines is 1. The SMILES string of the molecule is NS(=O)(=O)CCCC(=O)NCc1ccc2[nH]c3c(c2c1)CCCCCC3. The predicted octanol–water partition coefficient (Wildman–Crippen LogP) is 2.51. The Morgan fingerprint density at radius 2 is 1.92 bits per heavy atom. The van der Waals surface area contributed by atoms with Gasteiger partial charge in [0, 0.05) is 29.6 Å². The number of benzene rings is 1. The third kappa shape index (κ3) is 5.08. The number of amides is 1. The minimum absolute atomic E-state index is 0.155. The molecule has 4 N–H and O–H groups in total. The van der Waals surface area contributed by atoms with Crippen molar-refractivity contribution in [2.75, 3.05) is 5.75 Å². The summed E-state index contributed by atoms with van der Waals surface area (Å²) in [5.74, 6) is -0.319. The number of hydrogen-bond acceptors (Lipinski definition) is 3. The number of carbonyl (C=O) groups is 1. The fourth-order valence-corrected chi connectivity index (χ4v) is 4.19. The van der Waals surface area contributed by atoms with Gasteiger partial charge in [-0.3, -0.25) is 4.79 Å². The summed E-state index contributed by atoms with van der Waals surface area (Å²) in [5.41, 5.74) is 5.02. The molecular weight excluding hydrogens is 350 g/mol. The number of H-pyrrole nitrogens is 1. The number of carbonyl (C=O) groups excluding carboxylic acids is 1. The number of nitrogens with two attached hydrogens (primary N) is 1. The van der Waals surface area contributed by atoms with E-state index in [1.807, 2.05) is 6.07 Å². The average Bonchev–Trinajstić information content (AvgIpc) is 2.87. The monoisotopic (exact) mass is 377 g/mol. The van der Waals surface area contributed by atoms with Gasteiger partial charge in [0.1, 0.15) is 0 Å². The summed E-state index contributed by atoms with van der Waals surface area (Å²) in [6, 6.07) is 6.27. The van der Waals surface area contributed by atoms with Gasteiger partial charge >= 0.3 is 0 Å². The lowest BCUT2D eigenvalue weighted by molar-refractivity contribution is -0.121. The number of aryl methyl sites for hydroxylation is 2. The molecule has 1 heterocycles. The van der Waals surface area contributed by atoms with Gasteiger partial charge in [-0.2, -0.15) is 0 Å². The van der Waals surface area contributed by atoms with Crippen molar-refractivity contribution in [3.8, 4) is 0 Å². The number of hydrogen-bond donors (Lipinski definition) is 3. The molecule has 1 aliphatic rings. The Morgan fingerprint density at radius 1 is 1.15 bits per heavy atom. The van der Waals surface area contributed by atoms with Crippen molar-refractivity contribution in [2.24, 2.45) is 5.14 Å². The van der Waals surface area contributed by atoms with Crippen molar-refractivity contribution in [2.45, 2.75) is 57.9 Å². The number of aromatic nitrogens is 1. The van der Waals surface area contributed by atoms with E-state index in [9.17, 15) is 13.2 Å². The highest BCUT2D eigenvalue weighted by molar-refractivity contribution is 7.89. The lowest BCUT2D eigenvalue weighted by Crippen LogP contribution is -2.24. The summed E-state index contributed by atoms with van der Waals surface area (Å²) in [4.78, 5) is 15.4. The number of fused-ring (bicyclic) bond motifs is 3. The van der Waals surface area contributed by atoms with E-state index in [1.165, 1.54) is 47.8 Å². The Balaban J connectivity index is 1.63. The molecule has 0 atom stereocenters. The fraction of sp³-hybridized carbons (Fsp3) is 0.526. The quantitative estimate of drug-likeness (QED) is 0.720. The molecule has 142 valence electrons. The van der Waals surface area contributed by atoms with Crippen molar-refractivity contribution >= 4 is 26.8 Å². The molecule has 0 spiro atoms. The first-order chi connectivity index (χ1) is 12.4. The third-order valence-corrected chi connectivity index (χ3v) is 5.84. The lowest BCUT2D eigenvalue weighted by atomic mass is 9.96. The number of sulfonamides is 1. The molecule has 1 aliphatic carbocycles. The van der Waals surface area contributed by atoms with Crippen molar-refractivity contribution in [1.82, 2.24) is 10.3 Å². The zero-order valence-corrected chi connectivity index (χ0v) is 15.8. The van der Waals surface area contributed by atoms with E-state index in [4.69, 9.17) is 5.14 Å². The van der Waals surface area contributed by atoms with Crippen LogP contribution >= 0.6 is 0 Å². The smallest absolute Gasteiger partial charge is 0.220 e. The van der Waals surface area contributed by atoms with Crippen LogP contribution in [0.5, 0.6) is 0 Å². The van der Waals surface area contributed by atoms with Crippen molar-refractivity contribution in [3.63, 3.8) is 0 Å². The first-order valence-electron chi connectivity index (χ1n) is 9.32. The van der Waals surface area contributed by atoms with Crippen molar-refractivity contribution < 1.29 is 13.2 Å². The second-order valence-corrected chi connectivity index (χ2v) is 8.86. The Morgan fingerprint density at radius 3 is 2.69 bits per heavy atom. The molecular formula is C19H27N3O3S. The molecule has 0 fully saturated rings. The van der Waals surface area contributed by atoms with Crippen LogP contribution in [0, 0.1) is 0 Å². The Bertz CT molecular complexity index is 887. The molecule has 0 aliphatic heterocycles. The van der Waals surface area contributed by atoms with Crippen molar-refractivity contribution in [3.05, 3.63) is 35.0 Å². The van der Waals surface area contributed by atoms with Crippen LogP contribution in [0.25, 0.3) is 10.9 Å². The lowest BCUT2D eigenvalue weighted by Gasteiger charge is -2.10. The van der Waals surface area contributed by atoms with E-state index in [-0.39, 0.29) is 24.5 Å². The maximum atomic E-state index is 11.9. The summed E-state index contributed by atoms with van der Waals surface area (Å²) in [5, 5.41) is 9.07. The van der Waals surface area contributed by atoms with Gasteiger partial charge in [-0.15, -0.1) is 0 Å². The molecule has 6 nitrogen and oxygen atoms in total. The molecule has 26 heavy (non-hydrogen) atoms. The molecule has 3 rings (SSSR count). The summed E-state index contributed by atoms with van der Waals surface area (Å²) in [6.45, 7) is 0.449. The standard InChI is InChI=1S/C19H27N3O3S/c20-26(24,25)11-5-8-19(23)21-13-14-9-10-18-16(12-14)15-6-3-1-2-4-7-17(15)22-18/h9-10,12,22H,1-8,11,13H2,(H,21,23)(H2,20,24,25). The molecule has 0 saturated heterocycles. The van der Waals surface area contributed by atoms with E-state index in [1.54, 1.807) is 0 Å². The molecule has 2 aromatic rings. The van der Waals surface area contributed by atoms with Crippen LogP contribution in [-0.2, 0) is 34.2 Å². The van der Waals surface area contributed by atoms with Gasteiger partial charge in [0.05, 0.1) is 5.75 Å². The maximum Gasteiger partial charge on any atom is 0.220 e. The van der Waals surface area contributed by atoms with Gasteiger partial charge in [0.2, 0.25) is 15.9 Å². The van der Waals surface area contributed by atoms with Crippen LogP contribution in [0.2, 0.25) is 0 Å². The second kappa shape index (κ2) is 8.22. The highest BCUT2D eigenvalue weighted by Crippen LogP contribution is 2.28. The first-order valence-corrected chi connectivity index (χ1v) is 11.0. The van der Waals surface area contributed by atoms with Gasteiger partial charge in [-0.25, -0.2) is 13.6 Å². The molecule has 7 heteroatoms. The number of rotatable bonds is 6. The highest BCUT2D eigenvalue weighted by atomic mass is 32.2. The van der Waals surface area contributed by atoms with Crippen molar-refractivity contribution in [1.29, 1.82) is 0 Å². The van der Waals surface area contributed by atoms with E-state index in [0.717, 1.165) is 18.4 Å². The van der Waals surface area contributed by atoms with Gasteiger partial charge in [0.25, 0.3) is 0 Å². The first kappa shape index (κ1) is 18.9. The van der Waals surface area contributed by atoms with E-state index < -0.39 is 10.0 Å². The summed E-state index contributed by atoms with van der Waals surface area (Å²) < 4.78 is 21.8. The van der Waals surface area contributed by atoms with E-state index in [2.05, 4.69) is 22.4 Å². The predicted molar refractivity (Wildman–Crippen MR) is 103 cm³/mol. The summed E-state index contributed by atoms with van der Waals surface area (Å²) in [7, 11) is -3.50. The molecule has 0 unspecified atom stereocenters. The van der Waals surface area contributed by atoms with Crippen LogP contribution in [0.4, 0.5) is 0 Å². The minimum Gasteiger partial charge on any atom is -0.358 e. The molecule has 0 saturated carbocycles. The molecule has 0 bridgehead atoms. The van der Waals surface area contributed by atoms with Gasteiger partial charge in [-0.1, -0.05) is 18.9 Å². The zero-order valence-electron chi connectivity index (χ0n) is 15.0. The Kier molecular flexibility index (Phi) is 5.98. The van der Waals surface area contributed by atoms with Gasteiger partial charge < -0.3 is 10.3 Å². The zero-order chi connectivity index (χ0) is 18.6. The minimum atomic E-state index is -3.50. The summed E-state index contributed by atoms with van der Waals surface area (Å²) in [6.07, 6.45) is 7.69. The number of primary sulfonamides is 1. The topological polar surface area (TPSA) is 105 Å². The number of nitrogens with one attached hydrogen (secondary N) is 2. The fourth-order valence-electron chi connectivity index (χ4n) is 3.64. The highest BCUT2D eigenvalue weighted by Gasteiger charge is 2.14.